The molecule has 0 spiro atoms. The van der Waals surface area contributed by atoms with Gasteiger partial charge in [-0.25, -0.2) is 0 Å². The van der Waals surface area contributed by atoms with E-state index in [1.165, 1.54) is 57.8 Å². The van der Waals surface area contributed by atoms with Gasteiger partial charge in [0.2, 0.25) is 0 Å². The molecule has 1 saturated carbocycles. The summed E-state index contributed by atoms with van der Waals surface area (Å²) >= 11 is 0. The van der Waals surface area contributed by atoms with E-state index in [-0.39, 0.29) is 0 Å². The van der Waals surface area contributed by atoms with Crippen molar-refractivity contribution in [1.82, 2.24) is 5.32 Å². The molecule has 1 fully saturated rings. The van der Waals surface area contributed by atoms with Crippen molar-refractivity contribution in [3.63, 3.8) is 0 Å². The smallest absolute Gasteiger partial charge is 0.00948 e. The Morgan fingerprint density at radius 2 is 1.75 bits per heavy atom. The van der Waals surface area contributed by atoms with E-state index in [0.29, 0.717) is 0 Å². The van der Waals surface area contributed by atoms with Crippen molar-refractivity contribution >= 4 is 0 Å². The highest BCUT2D eigenvalue weighted by Crippen LogP contribution is 2.28. The Kier molecular flexibility index (Phi) is 7.11. The molecule has 16 heavy (non-hydrogen) atoms. The average molecular weight is 225 g/mol. The van der Waals surface area contributed by atoms with Crippen LogP contribution < -0.4 is 5.32 Å². The molecule has 1 aliphatic carbocycles. The minimum Gasteiger partial charge on any atom is -0.317 e. The molecule has 96 valence electrons. The monoisotopic (exact) mass is 225 g/mol. The van der Waals surface area contributed by atoms with Gasteiger partial charge < -0.3 is 5.32 Å². The summed E-state index contributed by atoms with van der Waals surface area (Å²) in [5, 5.41) is 3.59. The molecule has 0 aromatic heterocycles. The molecule has 1 nitrogen and oxygen atoms in total. The molecule has 0 aromatic carbocycles. The van der Waals surface area contributed by atoms with E-state index in [1.54, 1.807) is 0 Å². The van der Waals surface area contributed by atoms with Crippen molar-refractivity contribution in [1.29, 1.82) is 0 Å². The quantitative estimate of drug-likeness (QED) is 0.662. The van der Waals surface area contributed by atoms with Crippen molar-refractivity contribution in [2.24, 2.45) is 11.8 Å². The third-order valence-corrected chi connectivity index (χ3v) is 4.28. The van der Waals surface area contributed by atoms with E-state index < -0.39 is 0 Å². The van der Waals surface area contributed by atoms with Crippen LogP contribution in [0.3, 0.4) is 0 Å². The molecule has 0 aliphatic heterocycles. The van der Waals surface area contributed by atoms with Crippen LogP contribution in [0.5, 0.6) is 0 Å². The molecule has 1 N–H and O–H groups in total. The van der Waals surface area contributed by atoms with Crippen molar-refractivity contribution in [3.8, 4) is 0 Å². The molecule has 0 saturated heterocycles. The zero-order chi connectivity index (χ0) is 11.8. The highest BCUT2D eigenvalue weighted by molar-refractivity contribution is 4.79. The zero-order valence-electron chi connectivity index (χ0n) is 11.6. The Morgan fingerprint density at radius 3 is 2.25 bits per heavy atom. The molecular formula is C15H31N. The van der Waals surface area contributed by atoms with Gasteiger partial charge in [0.05, 0.1) is 0 Å². The molecule has 0 radical (unpaired) electrons. The van der Waals surface area contributed by atoms with Crippen LogP contribution in [0.4, 0.5) is 0 Å². The lowest BCUT2D eigenvalue weighted by atomic mass is 9.85. The van der Waals surface area contributed by atoms with Gasteiger partial charge in [-0.15, -0.1) is 0 Å². The second kappa shape index (κ2) is 8.11. The van der Waals surface area contributed by atoms with Crippen LogP contribution >= 0.6 is 0 Å². The Morgan fingerprint density at radius 1 is 1.12 bits per heavy atom. The lowest BCUT2D eigenvalue weighted by molar-refractivity contribution is 0.280. The van der Waals surface area contributed by atoms with E-state index in [4.69, 9.17) is 0 Å². The first-order valence-corrected chi connectivity index (χ1v) is 7.45. The first-order valence-electron chi connectivity index (χ1n) is 7.45. The van der Waals surface area contributed by atoms with Gasteiger partial charge in [-0.3, -0.25) is 0 Å². The van der Waals surface area contributed by atoms with E-state index in [9.17, 15) is 0 Å². The average Bonchev–Trinajstić information content (AvgIpc) is 2.55. The standard InChI is InChI=1S/C15H31N/c1-4-9-13(2)12-15(16-3)14-10-7-5-6-8-11-14/h13-16H,4-12H2,1-3H3. The van der Waals surface area contributed by atoms with E-state index in [0.717, 1.165) is 17.9 Å². The summed E-state index contributed by atoms with van der Waals surface area (Å²) in [6, 6.07) is 0.777. The zero-order valence-corrected chi connectivity index (χ0v) is 11.6. The van der Waals surface area contributed by atoms with Gasteiger partial charge in [-0.1, -0.05) is 52.4 Å². The predicted octanol–water partition coefficient (Wildman–Crippen LogP) is 4.37. The summed E-state index contributed by atoms with van der Waals surface area (Å²) in [6.45, 7) is 4.72. The largest absolute Gasteiger partial charge is 0.317 e. The van der Waals surface area contributed by atoms with Gasteiger partial charge in [0.25, 0.3) is 0 Å². The number of hydrogen-bond donors (Lipinski definition) is 1. The maximum Gasteiger partial charge on any atom is 0.00948 e. The van der Waals surface area contributed by atoms with E-state index in [2.05, 4.69) is 26.2 Å². The molecule has 0 aromatic rings. The third kappa shape index (κ3) is 4.86. The van der Waals surface area contributed by atoms with E-state index in [1.807, 2.05) is 0 Å². The van der Waals surface area contributed by atoms with Gasteiger partial charge in [0.1, 0.15) is 0 Å². The maximum atomic E-state index is 3.59. The summed E-state index contributed by atoms with van der Waals surface area (Å²) in [5.74, 6) is 1.84. The molecule has 1 heteroatoms. The fourth-order valence-corrected chi connectivity index (χ4v) is 3.30. The Bertz CT molecular complexity index is 159. The number of hydrogen-bond acceptors (Lipinski definition) is 1. The molecule has 0 bridgehead atoms. The Balaban J connectivity index is 2.38. The predicted molar refractivity (Wildman–Crippen MR) is 72.7 cm³/mol. The van der Waals surface area contributed by atoms with Gasteiger partial charge in [-0.05, 0) is 38.1 Å². The topological polar surface area (TPSA) is 12.0 Å². The molecule has 0 heterocycles. The second-order valence-electron chi connectivity index (χ2n) is 5.78. The summed E-state index contributed by atoms with van der Waals surface area (Å²) in [6.07, 6.45) is 12.9. The number of nitrogens with one attached hydrogen (secondary N) is 1. The molecular weight excluding hydrogens is 194 g/mol. The van der Waals surface area contributed by atoms with Crippen LogP contribution in [0, 0.1) is 11.8 Å². The highest BCUT2D eigenvalue weighted by Gasteiger charge is 2.22. The van der Waals surface area contributed by atoms with Crippen molar-refractivity contribution in [3.05, 3.63) is 0 Å². The summed E-state index contributed by atoms with van der Waals surface area (Å²) in [5.41, 5.74) is 0. The van der Waals surface area contributed by atoms with Crippen LogP contribution in [0.2, 0.25) is 0 Å². The van der Waals surface area contributed by atoms with E-state index >= 15 is 0 Å². The first kappa shape index (κ1) is 14.0. The number of rotatable bonds is 6. The Labute approximate surface area is 102 Å². The van der Waals surface area contributed by atoms with Crippen molar-refractivity contribution in [2.75, 3.05) is 7.05 Å². The fourth-order valence-electron chi connectivity index (χ4n) is 3.30. The van der Waals surface area contributed by atoms with Crippen LogP contribution in [-0.2, 0) is 0 Å². The SMILES string of the molecule is CCCC(C)CC(NC)C1CCCCCC1. The van der Waals surface area contributed by atoms with Crippen LogP contribution in [0.25, 0.3) is 0 Å². The third-order valence-electron chi connectivity index (χ3n) is 4.28. The van der Waals surface area contributed by atoms with Gasteiger partial charge in [-0.2, -0.15) is 0 Å². The second-order valence-corrected chi connectivity index (χ2v) is 5.78. The van der Waals surface area contributed by atoms with Crippen molar-refractivity contribution in [2.45, 2.75) is 77.7 Å². The minimum atomic E-state index is 0.777. The van der Waals surface area contributed by atoms with Crippen LogP contribution in [0.15, 0.2) is 0 Å². The summed E-state index contributed by atoms with van der Waals surface area (Å²) in [4.78, 5) is 0. The molecule has 1 aliphatic rings. The lowest BCUT2D eigenvalue weighted by Gasteiger charge is -2.28. The fraction of sp³-hybridized carbons (Fsp3) is 1.00. The Hall–Kier alpha value is -0.0400. The summed E-state index contributed by atoms with van der Waals surface area (Å²) in [7, 11) is 2.16. The van der Waals surface area contributed by atoms with Crippen LogP contribution in [-0.4, -0.2) is 13.1 Å². The van der Waals surface area contributed by atoms with Gasteiger partial charge in [0.15, 0.2) is 0 Å². The maximum absolute atomic E-state index is 3.59. The molecule has 0 amide bonds. The van der Waals surface area contributed by atoms with Gasteiger partial charge >= 0.3 is 0 Å². The summed E-state index contributed by atoms with van der Waals surface area (Å²) < 4.78 is 0. The normalized spacial score (nSPS) is 22.7. The van der Waals surface area contributed by atoms with Crippen LogP contribution in [0.1, 0.15) is 71.6 Å². The highest BCUT2D eigenvalue weighted by atomic mass is 14.9. The molecule has 1 rings (SSSR count). The van der Waals surface area contributed by atoms with Gasteiger partial charge in [0, 0.05) is 6.04 Å². The lowest BCUT2D eigenvalue weighted by Crippen LogP contribution is -2.35. The molecule has 2 atom stereocenters. The first-order chi connectivity index (χ1) is 7.77. The van der Waals surface area contributed by atoms with Crippen molar-refractivity contribution < 1.29 is 0 Å². The molecule has 2 unspecified atom stereocenters. The minimum absolute atomic E-state index is 0.777.